The van der Waals surface area contributed by atoms with E-state index in [1.165, 1.54) is 6.33 Å². The van der Waals surface area contributed by atoms with Crippen LogP contribution in [0.3, 0.4) is 0 Å². The maximum absolute atomic E-state index is 5.74. The van der Waals surface area contributed by atoms with Crippen molar-refractivity contribution in [1.82, 2.24) is 24.9 Å². The van der Waals surface area contributed by atoms with Gasteiger partial charge in [-0.25, -0.2) is 14.5 Å². The van der Waals surface area contributed by atoms with Crippen molar-refractivity contribution in [3.05, 3.63) is 18.3 Å². The highest BCUT2D eigenvalue weighted by atomic mass is 15.3. The summed E-state index contributed by atoms with van der Waals surface area (Å²) >= 11 is 0. The Kier molecular flexibility index (Phi) is 1.81. The number of hydrogen-bond acceptors (Lipinski definition) is 5. The van der Waals surface area contributed by atoms with E-state index in [-0.39, 0.29) is 0 Å². The number of fused-ring (bicyclic) bond motifs is 1. The minimum Gasteiger partial charge on any atom is -0.382 e. The number of nitrogen functional groups attached to an aromatic ring is 1. The molecule has 1 aliphatic rings. The SMILES string of the molecule is Nc1ncnn2c(C3CCNC3)ncc12. The first-order valence-electron chi connectivity index (χ1n) is 5.01. The minimum absolute atomic E-state index is 0.432. The summed E-state index contributed by atoms with van der Waals surface area (Å²) in [6.45, 7) is 2.00. The van der Waals surface area contributed by atoms with Gasteiger partial charge in [-0.1, -0.05) is 0 Å². The third kappa shape index (κ3) is 1.25. The largest absolute Gasteiger partial charge is 0.382 e. The van der Waals surface area contributed by atoms with Gasteiger partial charge >= 0.3 is 0 Å². The van der Waals surface area contributed by atoms with E-state index in [0.29, 0.717) is 11.7 Å². The van der Waals surface area contributed by atoms with Crippen molar-refractivity contribution < 1.29 is 0 Å². The maximum atomic E-state index is 5.74. The van der Waals surface area contributed by atoms with Crippen LogP contribution in [0.1, 0.15) is 18.2 Å². The highest BCUT2D eigenvalue weighted by Gasteiger charge is 2.22. The summed E-state index contributed by atoms with van der Waals surface area (Å²) in [6.07, 6.45) is 4.31. The molecule has 78 valence electrons. The zero-order chi connectivity index (χ0) is 10.3. The van der Waals surface area contributed by atoms with Crippen molar-refractivity contribution in [2.45, 2.75) is 12.3 Å². The topological polar surface area (TPSA) is 81.1 Å². The van der Waals surface area contributed by atoms with E-state index in [4.69, 9.17) is 5.73 Å². The van der Waals surface area contributed by atoms with Gasteiger partial charge in [-0.05, 0) is 13.0 Å². The number of nitrogens with zero attached hydrogens (tertiary/aromatic N) is 4. The molecule has 6 heteroatoms. The van der Waals surface area contributed by atoms with E-state index in [2.05, 4.69) is 20.4 Å². The Balaban J connectivity index is 2.15. The normalized spacial score (nSPS) is 21.2. The molecule has 1 atom stereocenters. The van der Waals surface area contributed by atoms with Gasteiger partial charge in [0.15, 0.2) is 5.82 Å². The zero-order valence-corrected chi connectivity index (χ0v) is 8.22. The monoisotopic (exact) mass is 204 g/mol. The van der Waals surface area contributed by atoms with Gasteiger partial charge in [0, 0.05) is 12.5 Å². The Morgan fingerprint density at radius 3 is 3.20 bits per heavy atom. The molecule has 2 aromatic heterocycles. The van der Waals surface area contributed by atoms with E-state index in [1.807, 2.05) is 0 Å². The van der Waals surface area contributed by atoms with Crippen LogP contribution in [0, 0.1) is 0 Å². The number of hydrogen-bond donors (Lipinski definition) is 2. The second-order valence-electron chi connectivity index (χ2n) is 3.75. The highest BCUT2D eigenvalue weighted by molar-refractivity contribution is 5.63. The molecule has 1 saturated heterocycles. The molecule has 0 aliphatic carbocycles. The van der Waals surface area contributed by atoms with Gasteiger partial charge in [-0.15, -0.1) is 0 Å². The molecule has 0 aromatic carbocycles. The molecule has 15 heavy (non-hydrogen) atoms. The van der Waals surface area contributed by atoms with E-state index in [1.54, 1.807) is 10.7 Å². The molecule has 0 spiro atoms. The third-order valence-electron chi connectivity index (χ3n) is 2.82. The lowest BCUT2D eigenvalue weighted by atomic mass is 10.1. The number of aromatic nitrogens is 4. The molecule has 1 fully saturated rings. The average molecular weight is 204 g/mol. The van der Waals surface area contributed by atoms with E-state index in [9.17, 15) is 0 Å². The minimum atomic E-state index is 0.432. The third-order valence-corrected chi connectivity index (χ3v) is 2.82. The Bertz CT molecular complexity index is 484. The van der Waals surface area contributed by atoms with E-state index in [0.717, 1.165) is 30.9 Å². The standard InChI is InChI=1S/C9H12N6/c10-8-7-4-12-9(6-1-2-11-3-6)15(7)14-5-13-8/h4-6,11H,1-3H2,(H2,10,13,14). The quantitative estimate of drug-likeness (QED) is 0.671. The van der Waals surface area contributed by atoms with Crippen LogP contribution >= 0.6 is 0 Å². The van der Waals surface area contributed by atoms with Gasteiger partial charge in [0.25, 0.3) is 0 Å². The Labute approximate surface area is 86.5 Å². The lowest BCUT2D eigenvalue weighted by molar-refractivity contribution is 0.669. The van der Waals surface area contributed by atoms with Gasteiger partial charge < -0.3 is 11.1 Å². The molecule has 0 bridgehead atoms. The van der Waals surface area contributed by atoms with E-state index < -0.39 is 0 Å². The molecule has 3 rings (SSSR count). The summed E-state index contributed by atoms with van der Waals surface area (Å²) in [6, 6.07) is 0. The van der Waals surface area contributed by atoms with Crippen LogP contribution in [-0.2, 0) is 0 Å². The number of imidazole rings is 1. The maximum Gasteiger partial charge on any atom is 0.153 e. The van der Waals surface area contributed by atoms with Crippen molar-refractivity contribution in [3.63, 3.8) is 0 Å². The molecule has 0 radical (unpaired) electrons. The summed E-state index contributed by atoms with van der Waals surface area (Å²) in [5.74, 6) is 1.89. The van der Waals surface area contributed by atoms with Crippen LogP contribution in [-0.4, -0.2) is 32.7 Å². The van der Waals surface area contributed by atoms with Gasteiger partial charge in [0.05, 0.1) is 6.20 Å². The van der Waals surface area contributed by atoms with Crippen LogP contribution in [0.15, 0.2) is 12.5 Å². The number of rotatable bonds is 1. The van der Waals surface area contributed by atoms with Crippen LogP contribution in [0.25, 0.3) is 5.52 Å². The van der Waals surface area contributed by atoms with Crippen LogP contribution in [0.2, 0.25) is 0 Å². The predicted octanol–water partition coefficient (Wildman–Crippen LogP) is -0.217. The van der Waals surface area contributed by atoms with Crippen molar-refractivity contribution in [1.29, 1.82) is 0 Å². The molecular formula is C9H12N6. The van der Waals surface area contributed by atoms with Crippen LogP contribution in [0.5, 0.6) is 0 Å². The van der Waals surface area contributed by atoms with Gasteiger partial charge in [0.2, 0.25) is 0 Å². The fourth-order valence-electron chi connectivity index (χ4n) is 2.02. The number of nitrogens with one attached hydrogen (secondary N) is 1. The average Bonchev–Trinajstić information content (AvgIpc) is 2.85. The van der Waals surface area contributed by atoms with Gasteiger partial charge in [-0.2, -0.15) is 5.10 Å². The molecule has 6 nitrogen and oxygen atoms in total. The molecule has 1 unspecified atom stereocenters. The van der Waals surface area contributed by atoms with Crippen molar-refractivity contribution in [2.24, 2.45) is 0 Å². The summed E-state index contributed by atoms with van der Waals surface area (Å²) < 4.78 is 1.79. The summed E-state index contributed by atoms with van der Waals surface area (Å²) in [5, 5.41) is 7.49. The molecule has 3 N–H and O–H groups in total. The highest BCUT2D eigenvalue weighted by Crippen LogP contribution is 2.22. The van der Waals surface area contributed by atoms with Crippen molar-refractivity contribution in [3.8, 4) is 0 Å². The van der Waals surface area contributed by atoms with E-state index >= 15 is 0 Å². The van der Waals surface area contributed by atoms with Gasteiger partial charge in [0.1, 0.15) is 17.7 Å². The lowest BCUT2D eigenvalue weighted by Gasteiger charge is -2.05. The Hall–Kier alpha value is -1.69. The fourth-order valence-corrected chi connectivity index (χ4v) is 2.02. The molecule has 2 aromatic rings. The molecule has 1 aliphatic heterocycles. The summed E-state index contributed by atoms with van der Waals surface area (Å²) in [7, 11) is 0. The second-order valence-corrected chi connectivity index (χ2v) is 3.75. The second kappa shape index (κ2) is 3.16. The Morgan fingerprint density at radius 2 is 2.40 bits per heavy atom. The van der Waals surface area contributed by atoms with Crippen molar-refractivity contribution >= 4 is 11.3 Å². The number of nitrogens with two attached hydrogens (primary N) is 1. The summed E-state index contributed by atoms with van der Waals surface area (Å²) in [5.41, 5.74) is 6.53. The van der Waals surface area contributed by atoms with Crippen molar-refractivity contribution in [2.75, 3.05) is 18.8 Å². The molecule has 0 amide bonds. The smallest absolute Gasteiger partial charge is 0.153 e. The van der Waals surface area contributed by atoms with Crippen LogP contribution < -0.4 is 11.1 Å². The lowest BCUT2D eigenvalue weighted by Crippen LogP contribution is -2.11. The fraction of sp³-hybridized carbons (Fsp3) is 0.444. The molecular weight excluding hydrogens is 192 g/mol. The summed E-state index contributed by atoms with van der Waals surface area (Å²) in [4.78, 5) is 8.32. The van der Waals surface area contributed by atoms with Crippen LogP contribution in [0.4, 0.5) is 5.82 Å². The predicted molar refractivity (Wildman–Crippen MR) is 55.4 cm³/mol. The first-order chi connectivity index (χ1) is 7.36. The zero-order valence-electron chi connectivity index (χ0n) is 8.22. The first-order valence-corrected chi connectivity index (χ1v) is 5.01. The number of anilines is 1. The molecule has 0 saturated carbocycles. The first kappa shape index (κ1) is 8.60. The Morgan fingerprint density at radius 1 is 1.47 bits per heavy atom. The molecule has 3 heterocycles. The van der Waals surface area contributed by atoms with Gasteiger partial charge in [-0.3, -0.25) is 0 Å².